The van der Waals surface area contributed by atoms with Crippen molar-refractivity contribution in [3.63, 3.8) is 0 Å². The topological polar surface area (TPSA) is 87.5 Å². The molecule has 0 fully saturated rings. The summed E-state index contributed by atoms with van der Waals surface area (Å²) in [5, 5.41) is 13.5. The van der Waals surface area contributed by atoms with Crippen LogP contribution in [0.25, 0.3) is 22.5 Å². The van der Waals surface area contributed by atoms with Gasteiger partial charge in [0.1, 0.15) is 11.5 Å². The van der Waals surface area contributed by atoms with Gasteiger partial charge in [-0.25, -0.2) is 15.0 Å². The van der Waals surface area contributed by atoms with Crippen molar-refractivity contribution in [1.29, 1.82) is 0 Å². The second kappa shape index (κ2) is 8.07. The van der Waals surface area contributed by atoms with E-state index in [0.29, 0.717) is 32.7 Å². The molecule has 5 rings (SSSR count). The normalized spacial score (nSPS) is 13.8. The lowest BCUT2D eigenvalue weighted by Gasteiger charge is -2.08. The number of rotatable bonds is 3. The average Bonchev–Trinajstić information content (AvgIpc) is 3.09. The van der Waals surface area contributed by atoms with Crippen LogP contribution in [0.5, 0.6) is 5.75 Å². The lowest BCUT2D eigenvalue weighted by Crippen LogP contribution is -2.14. The van der Waals surface area contributed by atoms with Crippen LogP contribution in [0.2, 0.25) is 10.0 Å². The second-order valence-electron chi connectivity index (χ2n) is 7.10. The van der Waals surface area contributed by atoms with E-state index in [0.717, 1.165) is 11.1 Å². The van der Waals surface area contributed by atoms with Gasteiger partial charge in [0.2, 0.25) is 0 Å². The summed E-state index contributed by atoms with van der Waals surface area (Å²) in [5.74, 6) is -0.0789. The minimum Gasteiger partial charge on any atom is -0.508 e. The van der Waals surface area contributed by atoms with Gasteiger partial charge in [0.05, 0.1) is 17.1 Å². The fourth-order valence-electron chi connectivity index (χ4n) is 3.37. The van der Waals surface area contributed by atoms with Crippen molar-refractivity contribution in [3.8, 4) is 28.3 Å². The summed E-state index contributed by atoms with van der Waals surface area (Å²) in [6.07, 6.45) is 0. The first-order valence-corrected chi connectivity index (χ1v) is 10.4. The number of hydrogen-bond acceptors (Lipinski definition) is 5. The van der Waals surface area contributed by atoms with Gasteiger partial charge in [0.25, 0.3) is 11.9 Å². The molecular weight excluding hydrogens is 447 g/mol. The highest BCUT2D eigenvalue weighted by Gasteiger charge is 2.26. The fourth-order valence-corrected chi connectivity index (χ4v) is 3.67. The van der Waals surface area contributed by atoms with Crippen molar-refractivity contribution >= 4 is 46.5 Å². The third-order valence-corrected chi connectivity index (χ3v) is 5.42. The number of benzene rings is 3. The molecule has 6 nitrogen and oxygen atoms in total. The van der Waals surface area contributed by atoms with Crippen LogP contribution in [0.1, 0.15) is 5.56 Å². The van der Waals surface area contributed by atoms with Crippen LogP contribution in [-0.4, -0.2) is 26.7 Å². The fraction of sp³-hybridized carbons (Fsp3) is 0. The summed E-state index contributed by atoms with van der Waals surface area (Å²) in [6, 6.07) is 20.8. The summed E-state index contributed by atoms with van der Waals surface area (Å²) >= 11 is 12.1. The van der Waals surface area contributed by atoms with Crippen LogP contribution in [-0.2, 0) is 4.79 Å². The van der Waals surface area contributed by atoms with Gasteiger partial charge < -0.3 is 10.4 Å². The van der Waals surface area contributed by atoms with E-state index >= 15 is 0 Å². The number of carbonyl (C=O) groups excluding carboxylic acids is 1. The Hall–Kier alpha value is -3.74. The maximum Gasteiger partial charge on any atom is 0.275 e. The number of nitrogens with zero attached hydrogens (tertiary/aromatic N) is 3. The van der Waals surface area contributed by atoms with E-state index in [1.165, 1.54) is 0 Å². The number of fused-ring (bicyclic) bond motifs is 1. The van der Waals surface area contributed by atoms with E-state index in [-0.39, 0.29) is 23.3 Å². The molecule has 1 aliphatic rings. The van der Waals surface area contributed by atoms with Crippen LogP contribution < -0.4 is 5.32 Å². The van der Waals surface area contributed by atoms with Crippen molar-refractivity contribution in [2.45, 2.75) is 0 Å². The van der Waals surface area contributed by atoms with Crippen molar-refractivity contribution in [1.82, 2.24) is 9.97 Å². The van der Waals surface area contributed by atoms with E-state index in [4.69, 9.17) is 23.2 Å². The lowest BCUT2D eigenvalue weighted by atomic mass is 10.1. The summed E-state index contributed by atoms with van der Waals surface area (Å²) in [5.41, 5.74) is 4.20. The maximum atomic E-state index is 12.5. The van der Waals surface area contributed by atoms with Crippen LogP contribution in [0.3, 0.4) is 0 Å². The smallest absolute Gasteiger partial charge is 0.275 e. The molecule has 2 N–H and O–H groups in total. The summed E-state index contributed by atoms with van der Waals surface area (Å²) in [7, 11) is 0. The molecule has 0 radical (unpaired) electrons. The Labute approximate surface area is 193 Å². The number of nitrogens with one attached hydrogen (secondary N) is 1. The van der Waals surface area contributed by atoms with Crippen LogP contribution in [0.15, 0.2) is 77.8 Å². The average molecular weight is 461 g/mol. The summed E-state index contributed by atoms with van der Waals surface area (Å²) < 4.78 is 0. The van der Waals surface area contributed by atoms with E-state index in [1.54, 1.807) is 54.6 Å². The van der Waals surface area contributed by atoms with Crippen molar-refractivity contribution < 1.29 is 9.90 Å². The number of halogens is 2. The predicted molar refractivity (Wildman–Crippen MR) is 126 cm³/mol. The molecule has 1 aromatic heterocycles. The second-order valence-corrected chi connectivity index (χ2v) is 7.97. The van der Waals surface area contributed by atoms with Crippen molar-refractivity contribution in [3.05, 3.63) is 88.4 Å². The molecule has 0 aliphatic carbocycles. The Kier molecular flexibility index (Phi) is 5.09. The van der Waals surface area contributed by atoms with Gasteiger partial charge in [-0.05, 0) is 60.7 Å². The first-order chi connectivity index (χ1) is 15.5. The van der Waals surface area contributed by atoms with Crippen LogP contribution in [0, 0.1) is 0 Å². The minimum absolute atomic E-state index is 0.124. The van der Waals surface area contributed by atoms with E-state index in [2.05, 4.69) is 20.3 Å². The molecule has 1 aliphatic heterocycles. The van der Waals surface area contributed by atoms with Gasteiger partial charge in [-0.15, -0.1) is 0 Å². The predicted octanol–water partition coefficient (Wildman–Crippen LogP) is 5.90. The zero-order valence-corrected chi connectivity index (χ0v) is 17.9. The molecule has 8 heteroatoms. The van der Waals surface area contributed by atoms with E-state index in [1.807, 2.05) is 18.2 Å². The SMILES string of the molecule is O=C1Nc2ccc(Cl)cc2/C1=N\c1nc(-c2ccc(O)cc2)cc(-c2ccc(Cl)cc2)n1. The Morgan fingerprint density at radius 3 is 2.03 bits per heavy atom. The molecule has 3 aromatic carbocycles. The van der Waals surface area contributed by atoms with Gasteiger partial charge in [-0.1, -0.05) is 35.3 Å². The Bertz CT molecular complexity index is 1320. The van der Waals surface area contributed by atoms with Gasteiger partial charge in [-0.2, -0.15) is 0 Å². The molecule has 156 valence electrons. The maximum absolute atomic E-state index is 12.5. The monoisotopic (exact) mass is 460 g/mol. The number of aromatic nitrogens is 2. The molecule has 1 amide bonds. The Balaban J connectivity index is 1.67. The molecule has 0 spiro atoms. The third-order valence-electron chi connectivity index (χ3n) is 4.93. The zero-order valence-electron chi connectivity index (χ0n) is 16.4. The molecule has 0 atom stereocenters. The molecule has 0 saturated carbocycles. The summed E-state index contributed by atoms with van der Waals surface area (Å²) in [4.78, 5) is 26.1. The van der Waals surface area contributed by atoms with Crippen LogP contribution >= 0.6 is 23.2 Å². The number of hydrogen-bond donors (Lipinski definition) is 2. The van der Waals surface area contributed by atoms with Crippen LogP contribution in [0.4, 0.5) is 11.6 Å². The first kappa shape index (κ1) is 20.2. The van der Waals surface area contributed by atoms with Crippen molar-refractivity contribution in [2.24, 2.45) is 4.99 Å². The van der Waals surface area contributed by atoms with Gasteiger partial charge in [0.15, 0.2) is 0 Å². The molecule has 2 heterocycles. The van der Waals surface area contributed by atoms with Gasteiger partial charge in [-0.3, -0.25) is 4.79 Å². The number of phenols is 1. The lowest BCUT2D eigenvalue weighted by molar-refractivity contribution is -0.110. The minimum atomic E-state index is -0.353. The highest BCUT2D eigenvalue weighted by atomic mass is 35.5. The summed E-state index contributed by atoms with van der Waals surface area (Å²) in [6.45, 7) is 0. The Morgan fingerprint density at radius 1 is 0.781 bits per heavy atom. The van der Waals surface area contributed by atoms with E-state index in [9.17, 15) is 9.90 Å². The molecular formula is C24H14Cl2N4O2. The number of phenolic OH excluding ortho intramolecular Hbond substituents is 1. The Morgan fingerprint density at radius 2 is 1.38 bits per heavy atom. The number of aliphatic imine (C=N–C) groups is 1. The van der Waals surface area contributed by atoms with Gasteiger partial charge in [0, 0.05) is 26.7 Å². The highest BCUT2D eigenvalue weighted by molar-refractivity contribution is 6.54. The molecule has 0 bridgehead atoms. The number of carbonyl (C=O) groups is 1. The largest absolute Gasteiger partial charge is 0.508 e. The number of aromatic hydroxyl groups is 1. The molecule has 4 aromatic rings. The molecule has 32 heavy (non-hydrogen) atoms. The first-order valence-electron chi connectivity index (χ1n) is 9.61. The van der Waals surface area contributed by atoms with Crippen molar-refractivity contribution in [2.75, 3.05) is 5.32 Å². The van der Waals surface area contributed by atoms with Gasteiger partial charge >= 0.3 is 0 Å². The van der Waals surface area contributed by atoms with E-state index < -0.39 is 0 Å². The number of amides is 1. The quantitative estimate of drug-likeness (QED) is 0.398. The highest BCUT2D eigenvalue weighted by Crippen LogP contribution is 2.31. The molecule has 0 unspecified atom stereocenters. The molecule has 0 saturated heterocycles. The number of anilines is 1. The standard InChI is InChI=1S/C24H14Cl2N4O2/c25-15-5-1-13(2-6-15)20-12-21(14-3-8-17(31)9-4-14)29-24(28-20)30-22-18-11-16(26)7-10-19(18)27-23(22)32/h1-12,31H,(H,27,28,29,30,32). The zero-order chi connectivity index (χ0) is 22.2. The third kappa shape index (κ3) is 3.93.